The van der Waals surface area contributed by atoms with Crippen LogP contribution in [0.15, 0.2) is 18.2 Å². The first kappa shape index (κ1) is 15.0. The number of halogens is 1. The van der Waals surface area contributed by atoms with E-state index >= 15 is 0 Å². The number of benzene rings is 1. The summed E-state index contributed by atoms with van der Waals surface area (Å²) in [6, 6.07) is 3.70. The summed E-state index contributed by atoms with van der Waals surface area (Å²) in [6.45, 7) is 2.79. The number of ether oxygens (including phenoxy) is 1. The molecule has 0 aliphatic rings. The molecule has 1 N–H and O–H groups in total. The zero-order valence-corrected chi connectivity index (χ0v) is 10.5. The Morgan fingerprint density at radius 1 is 1.53 bits per heavy atom. The molecular formula is C12H15FN2O4. The topological polar surface area (TPSA) is 81.5 Å². The van der Waals surface area contributed by atoms with Crippen molar-refractivity contribution in [3.8, 4) is 0 Å². The van der Waals surface area contributed by atoms with Crippen molar-refractivity contribution in [2.24, 2.45) is 0 Å². The highest BCUT2D eigenvalue weighted by Crippen LogP contribution is 2.17. The molecule has 0 atom stereocenters. The second kappa shape index (κ2) is 7.42. The lowest BCUT2D eigenvalue weighted by molar-refractivity contribution is -0.387. The molecule has 6 nitrogen and oxygen atoms in total. The lowest BCUT2D eigenvalue weighted by Crippen LogP contribution is -2.19. The van der Waals surface area contributed by atoms with Crippen molar-refractivity contribution >= 4 is 11.7 Å². The molecule has 1 aromatic rings. The maximum Gasteiger partial charge on any atom is 0.307 e. The van der Waals surface area contributed by atoms with Gasteiger partial charge in [-0.2, -0.15) is 4.39 Å². The highest BCUT2D eigenvalue weighted by atomic mass is 19.1. The van der Waals surface area contributed by atoms with Gasteiger partial charge in [0.05, 0.1) is 18.0 Å². The zero-order valence-electron chi connectivity index (χ0n) is 10.5. The summed E-state index contributed by atoms with van der Waals surface area (Å²) in [5.41, 5.74) is 0.0298. The van der Waals surface area contributed by atoms with Gasteiger partial charge in [-0.1, -0.05) is 6.07 Å². The van der Waals surface area contributed by atoms with Gasteiger partial charge >= 0.3 is 11.7 Å². The van der Waals surface area contributed by atoms with Crippen LogP contribution in [-0.2, 0) is 16.1 Å². The summed E-state index contributed by atoms with van der Waals surface area (Å²) < 4.78 is 18.0. The first-order valence-electron chi connectivity index (χ1n) is 5.83. The summed E-state index contributed by atoms with van der Waals surface area (Å²) >= 11 is 0. The number of nitrogens with zero attached hydrogens (tertiary/aromatic N) is 1. The van der Waals surface area contributed by atoms with Gasteiger partial charge < -0.3 is 10.1 Å². The number of nitrogens with one attached hydrogen (secondary N) is 1. The highest BCUT2D eigenvalue weighted by molar-refractivity contribution is 5.69. The minimum absolute atomic E-state index is 0.225. The molecule has 0 spiro atoms. The van der Waals surface area contributed by atoms with E-state index in [4.69, 9.17) is 4.74 Å². The van der Waals surface area contributed by atoms with Crippen LogP contribution in [0.5, 0.6) is 0 Å². The molecule has 0 bridgehead atoms. The van der Waals surface area contributed by atoms with Crippen molar-refractivity contribution in [1.82, 2.24) is 5.32 Å². The Kier molecular flexibility index (Phi) is 5.87. The summed E-state index contributed by atoms with van der Waals surface area (Å²) in [7, 11) is 0. The zero-order chi connectivity index (χ0) is 14.3. The van der Waals surface area contributed by atoms with Gasteiger partial charge in [0.1, 0.15) is 0 Å². The lowest BCUT2D eigenvalue weighted by Gasteiger charge is -2.05. The Hall–Kier alpha value is -2.02. The van der Waals surface area contributed by atoms with E-state index in [1.165, 1.54) is 6.07 Å². The van der Waals surface area contributed by atoms with Crippen LogP contribution in [0, 0.1) is 15.9 Å². The van der Waals surface area contributed by atoms with Crippen LogP contribution in [0.25, 0.3) is 0 Å². The molecule has 0 aliphatic carbocycles. The molecule has 0 aromatic heterocycles. The molecular weight excluding hydrogens is 255 g/mol. The van der Waals surface area contributed by atoms with Crippen LogP contribution in [-0.4, -0.2) is 24.0 Å². The molecule has 0 saturated heterocycles. The molecule has 104 valence electrons. The Morgan fingerprint density at radius 3 is 2.84 bits per heavy atom. The van der Waals surface area contributed by atoms with Crippen molar-refractivity contribution in [3.63, 3.8) is 0 Å². The lowest BCUT2D eigenvalue weighted by atomic mass is 10.2. The summed E-state index contributed by atoms with van der Waals surface area (Å²) in [4.78, 5) is 20.7. The van der Waals surface area contributed by atoms with Crippen molar-refractivity contribution in [2.45, 2.75) is 19.9 Å². The summed E-state index contributed by atoms with van der Waals surface area (Å²) in [5, 5.41) is 13.4. The van der Waals surface area contributed by atoms with Gasteiger partial charge in [-0.05, 0) is 18.6 Å². The van der Waals surface area contributed by atoms with Gasteiger partial charge in [-0.3, -0.25) is 14.9 Å². The number of nitro benzene ring substituents is 1. The molecule has 19 heavy (non-hydrogen) atoms. The number of rotatable bonds is 7. The Balaban J connectivity index is 2.40. The van der Waals surface area contributed by atoms with Crippen molar-refractivity contribution in [1.29, 1.82) is 0 Å². The van der Waals surface area contributed by atoms with Crippen LogP contribution in [0.3, 0.4) is 0 Å². The van der Waals surface area contributed by atoms with E-state index in [0.717, 1.165) is 12.1 Å². The first-order valence-corrected chi connectivity index (χ1v) is 5.83. The standard InChI is InChI=1S/C12H15FN2O4/c1-2-19-12(16)5-6-14-8-9-3-4-11(15(17)18)10(13)7-9/h3-4,7,14H,2,5-6,8H2,1H3. The van der Waals surface area contributed by atoms with Crippen LogP contribution in [0.2, 0.25) is 0 Å². The molecule has 1 aromatic carbocycles. The van der Waals surface area contributed by atoms with E-state index in [9.17, 15) is 19.3 Å². The first-order chi connectivity index (χ1) is 9.04. The number of carbonyl (C=O) groups is 1. The monoisotopic (exact) mass is 270 g/mol. The predicted octanol–water partition coefficient (Wildman–Crippen LogP) is 1.78. The van der Waals surface area contributed by atoms with E-state index in [0.29, 0.717) is 25.3 Å². The Bertz CT molecular complexity index is 465. The highest BCUT2D eigenvalue weighted by Gasteiger charge is 2.13. The smallest absolute Gasteiger partial charge is 0.307 e. The van der Waals surface area contributed by atoms with Gasteiger partial charge in [0.2, 0.25) is 5.82 Å². The van der Waals surface area contributed by atoms with Gasteiger partial charge in [0.25, 0.3) is 0 Å². The average molecular weight is 270 g/mol. The predicted molar refractivity (Wildman–Crippen MR) is 66.0 cm³/mol. The fourth-order valence-electron chi connectivity index (χ4n) is 1.46. The van der Waals surface area contributed by atoms with Crippen LogP contribution >= 0.6 is 0 Å². The molecule has 0 amide bonds. The van der Waals surface area contributed by atoms with E-state index in [2.05, 4.69) is 5.32 Å². The Morgan fingerprint density at radius 2 is 2.26 bits per heavy atom. The molecule has 0 fully saturated rings. The van der Waals surface area contributed by atoms with Gasteiger partial charge in [0, 0.05) is 19.2 Å². The number of esters is 1. The molecule has 7 heteroatoms. The third-order valence-electron chi connectivity index (χ3n) is 2.35. The van der Waals surface area contributed by atoms with E-state index < -0.39 is 16.4 Å². The van der Waals surface area contributed by atoms with Crippen LogP contribution in [0.4, 0.5) is 10.1 Å². The van der Waals surface area contributed by atoms with Crippen molar-refractivity contribution in [2.75, 3.05) is 13.2 Å². The van der Waals surface area contributed by atoms with E-state index in [-0.39, 0.29) is 12.4 Å². The third-order valence-corrected chi connectivity index (χ3v) is 2.35. The number of nitro groups is 1. The summed E-state index contributed by atoms with van der Waals surface area (Å²) in [6.07, 6.45) is 0.225. The molecule has 0 heterocycles. The fraction of sp³-hybridized carbons (Fsp3) is 0.417. The van der Waals surface area contributed by atoms with Crippen LogP contribution in [0.1, 0.15) is 18.9 Å². The fourth-order valence-corrected chi connectivity index (χ4v) is 1.46. The summed E-state index contributed by atoms with van der Waals surface area (Å²) in [5.74, 6) is -1.17. The Labute approximate surface area is 109 Å². The number of hydrogen-bond acceptors (Lipinski definition) is 5. The second-order valence-electron chi connectivity index (χ2n) is 3.77. The van der Waals surface area contributed by atoms with Crippen molar-refractivity contribution < 1.29 is 18.8 Å². The normalized spacial score (nSPS) is 10.2. The SMILES string of the molecule is CCOC(=O)CCNCc1ccc([N+](=O)[O-])c(F)c1. The third kappa shape index (κ3) is 5.01. The second-order valence-corrected chi connectivity index (χ2v) is 3.77. The van der Waals surface area contributed by atoms with Gasteiger partial charge in [0.15, 0.2) is 0 Å². The van der Waals surface area contributed by atoms with E-state index in [1.807, 2.05) is 0 Å². The maximum absolute atomic E-state index is 13.3. The van der Waals surface area contributed by atoms with Gasteiger partial charge in [-0.15, -0.1) is 0 Å². The minimum atomic E-state index is -0.866. The molecule has 0 radical (unpaired) electrons. The molecule has 0 saturated carbocycles. The maximum atomic E-state index is 13.3. The average Bonchev–Trinajstić information content (AvgIpc) is 2.34. The van der Waals surface area contributed by atoms with Crippen LogP contribution < -0.4 is 5.32 Å². The molecule has 0 aliphatic heterocycles. The minimum Gasteiger partial charge on any atom is -0.466 e. The van der Waals surface area contributed by atoms with Crippen molar-refractivity contribution in [3.05, 3.63) is 39.7 Å². The largest absolute Gasteiger partial charge is 0.466 e. The van der Waals surface area contributed by atoms with E-state index in [1.54, 1.807) is 6.92 Å². The number of carbonyl (C=O) groups excluding carboxylic acids is 1. The number of hydrogen-bond donors (Lipinski definition) is 1. The molecule has 0 unspecified atom stereocenters. The quantitative estimate of drug-likeness (QED) is 0.353. The van der Waals surface area contributed by atoms with Gasteiger partial charge in [-0.25, -0.2) is 0 Å². The molecule has 1 rings (SSSR count).